The van der Waals surface area contributed by atoms with Gasteiger partial charge < -0.3 is 14.0 Å². The molecule has 0 atom stereocenters. The van der Waals surface area contributed by atoms with Crippen LogP contribution in [0.2, 0.25) is 0 Å². The Bertz CT molecular complexity index is 1000. The maximum Gasteiger partial charge on any atom is 0.233 e. The fourth-order valence-electron chi connectivity index (χ4n) is 4.85. The molecule has 2 aromatic heterocycles. The smallest absolute Gasteiger partial charge is 0.233 e. The summed E-state index contributed by atoms with van der Waals surface area (Å²) < 4.78 is 7.75. The molecule has 2 aliphatic rings. The molecule has 5 rings (SSSR count). The third-order valence-electron chi connectivity index (χ3n) is 6.62. The van der Waals surface area contributed by atoms with Gasteiger partial charge in [-0.1, -0.05) is 36.4 Å². The Hall–Kier alpha value is -2.70. The molecule has 0 unspecified atom stereocenters. The summed E-state index contributed by atoms with van der Waals surface area (Å²) in [5.41, 5.74) is 2.86. The number of ether oxygens (including phenoxy) is 1. The van der Waals surface area contributed by atoms with Gasteiger partial charge in [0.15, 0.2) is 0 Å². The summed E-state index contributed by atoms with van der Waals surface area (Å²) in [6.45, 7) is 5.45. The van der Waals surface area contributed by atoms with Crippen LogP contribution in [0.15, 0.2) is 60.9 Å². The van der Waals surface area contributed by atoms with E-state index in [-0.39, 0.29) is 5.91 Å². The number of carbonyl (C=O) groups excluding carboxylic acids is 1. The van der Waals surface area contributed by atoms with Crippen molar-refractivity contribution in [2.24, 2.45) is 0 Å². The number of aromatic nitrogens is 2. The van der Waals surface area contributed by atoms with Crippen molar-refractivity contribution < 1.29 is 9.53 Å². The van der Waals surface area contributed by atoms with E-state index >= 15 is 0 Å². The Morgan fingerprint density at radius 3 is 2.47 bits per heavy atom. The molecule has 0 N–H and O–H groups in total. The van der Waals surface area contributed by atoms with E-state index in [1.54, 1.807) is 0 Å². The minimum Gasteiger partial charge on any atom is -0.381 e. The number of amides is 1. The van der Waals surface area contributed by atoms with Gasteiger partial charge in [-0.15, -0.1) is 0 Å². The van der Waals surface area contributed by atoms with E-state index in [0.29, 0.717) is 13.2 Å². The lowest BCUT2D eigenvalue weighted by atomic mass is 9.73. The normalized spacial score (nSPS) is 19.8. The van der Waals surface area contributed by atoms with E-state index in [1.165, 1.54) is 5.69 Å². The van der Waals surface area contributed by atoms with Crippen LogP contribution in [-0.4, -0.2) is 64.5 Å². The summed E-state index contributed by atoms with van der Waals surface area (Å²) >= 11 is 0. The Balaban J connectivity index is 1.28. The van der Waals surface area contributed by atoms with E-state index in [4.69, 9.17) is 4.74 Å². The van der Waals surface area contributed by atoms with Crippen molar-refractivity contribution in [3.63, 3.8) is 0 Å². The zero-order valence-electron chi connectivity index (χ0n) is 17.2. The molecule has 6 nitrogen and oxygen atoms in total. The predicted molar refractivity (Wildman–Crippen MR) is 115 cm³/mol. The van der Waals surface area contributed by atoms with Crippen molar-refractivity contribution in [1.29, 1.82) is 0 Å². The van der Waals surface area contributed by atoms with Crippen LogP contribution in [0, 0.1) is 0 Å². The van der Waals surface area contributed by atoms with Crippen LogP contribution in [-0.2, 0) is 21.5 Å². The summed E-state index contributed by atoms with van der Waals surface area (Å²) in [4.78, 5) is 22.7. The minimum absolute atomic E-state index is 0.270. The molecule has 30 heavy (non-hydrogen) atoms. The number of nitrogens with zero attached hydrogens (tertiary/aromatic N) is 4. The first-order chi connectivity index (χ1) is 14.8. The zero-order chi connectivity index (χ0) is 20.4. The highest BCUT2D eigenvalue weighted by molar-refractivity contribution is 5.88. The molecule has 0 aliphatic carbocycles. The number of fused-ring (bicyclic) bond motifs is 1. The Morgan fingerprint density at radius 1 is 0.967 bits per heavy atom. The highest BCUT2D eigenvalue weighted by Crippen LogP contribution is 2.37. The highest BCUT2D eigenvalue weighted by Gasteiger charge is 2.44. The van der Waals surface area contributed by atoms with Gasteiger partial charge in [-0.3, -0.25) is 9.69 Å². The van der Waals surface area contributed by atoms with E-state index in [1.807, 2.05) is 42.6 Å². The molecular formula is C24H28N4O2. The molecule has 0 bridgehead atoms. The van der Waals surface area contributed by atoms with Crippen LogP contribution in [0.25, 0.3) is 5.65 Å². The fourth-order valence-corrected chi connectivity index (χ4v) is 4.85. The molecule has 0 radical (unpaired) electrons. The largest absolute Gasteiger partial charge is 0.381 e. The lowest BCUT2D eigenvalue weighted by molar-refractivity contribution is -0.143. The van der Waals surface area contributed by atoms with E-state index in [2.05, 4.69) is 37.5 Å². The SMILES string of the molecule is O=C(N1CCN(Cc2cnc3ccccn23)CC1)C1(c2ccccc2)CCOCC1. The second-order valence-electron chi connectivity index (χ2n) is 8.31. The zero-order valence-corrected chi connectivity index (χ0v) is 17.2. The molecule has 2 aliphatic heterocycles. The monoisotopic (exact) mass is 404 g/mol. The average molecular weight is 405 g/mol. The molecule has 1 aromatic carbocycles. The van der Waals surface area contributed by atoms with E-state index in [9.17, 15) is 4.79 Å². The standard InChI is InChI=1S/C24H28N4O2/c29-23(24(9-16-30-17-10-24)20-6-2-1-3-7-20)27-14-12-26(13-15-27)19-21-18-25-22-8-4-5-11-28(21)22/h1-8,11,18H,9-10,12-17,19H2. The van der Waals surface area contributed by atoms with Crippen molar-refractivity contribution in [3.8, 4) is 0 Å². The fraction of sp³-hybridized carbons (Fsp3) is 0.417. The minimum atomic E-state index is -0.441. The second kappa shape index (κ2) is 8.20. The van der Waals surface area contributed by atoms with Crippen molar-refractivity contribution in [3.05, 3.63) is 72.2 Å². The molecule has 0 spiro atoms. The van der Waals surface area contributed by atoms with Crippen LogP contribution in [0.5, 0.6) is 0 Å². The van der Waals surface area contributed by atoms with Crippen LogP contribution >= 0.6 is 0 Å². The molecule has 2 fully saturated rings. The summed E-state index contributed by atoms with van der Waals surface area (Å²) in [7, 11) is 0. The molecule has 3 aromatic rings. The first kappa shape index (κ1) is 19.3. The topological polar surface area (TPSA) is 50.1 Å². The van der Waals surface area contributed by atoms with Gasteiger partial charge in [0, 0.05) is 52.1 Å². The lowest BCUT2D eigenvalue weighted by Gasteiger charge is -2.43. The number of rotatable bonds is 4. The van der Waals surface area contributed by atoms with Gasteiger partial charge in [0.05, 0.1) is 17.3 Å². The van der Waals surface area contributed by atoms with Crippen molar-refractivity contribution >= 4 is 11.6 Å². The molecule has 4 heterocycles. The third kappa shape index (κ3) is 3.50. The maximum absolute atomic E-state index is 13.7. The summed E-state index contributed by atoms with van der Waals surface area (Å²) in [6, 6.07) is 16.4. The molecule has 1 amide bonds. The summed E-state index contributed by atoms with van der Waals surface area (Å²) in [6.07, 6.45) is 5.54. The number of benzene rings is 1. The number of hydrogen-bond acceptors (Lipinski definition) is 4. The van der Waals surface area contributed by atoms with Gasteiger partial charge in [0.2, 0.25) is 5.91 Å². The Morgan fingerprint density at radius 2 is 1.70 bits per heavy atom. The van der Waals surface area contributed by atoms with Crippen LogP contribution in [0.3, 0.4) is 0 Å². The molecule has 156 valence electrons. The summed E-state index contributed by atoms with van der Waals surface area (Å²) in [5.74, 6) is 0.270. The number of imidazole rings is 1. The van der Waals surface area contributed by atoms with Gasteiger partial charge in [-0.25, -0.2) is 4.98 Å². The predicted octanol–water partition coefficient (Wildman–Crippen LogP) is 2.73. The quantitative estimate of drug-likeness (QED) is 0.671. The average Bonchev–Trinajstić information content (AvgIpc) is 3.23. The van der Waals surface area contributed by atoms with Crippen LogP contribution < -0.4 is 0 Å². The van der Waals surface area contributed by atoms with Crippen LogP contribution in [0.1, 0.15) is 24.1 Å². The van der Waals surface area contributed by atoms with Gasteiger partial charge in [0.25, 0.3) is 0 Å². The van der Waals surface area contributed by atoms with E-state index in [0.717, 1.165) is 56.8 Å². The third-order valence-corrected chi connectivity index (χ3v) is 6.62. The lowest BCUT2D eigenvalue weighted by Crippen LogP contribution is -2.55. The molecular weight excluding hydrogens is 376 g/mol. The van der Waals surface area contributed by atoms with Crippen molar-refractivity contribution in [2.45, 2.75) is 24.8 Å². The maximum atomic E-state index is 13.7. The van der Waals surface area contributed by atoms with Crippen molar-refractivity contribution in [1.82, 2.24) is 19.2 Å². The Labute approximate surface area is 177 Å². The molecule has 0 saturated carbocycles. The summed E-state index contributed by atoms with van der Waals surface area (Å²) in [5, 5.41) is 0. The number of piperazine rings is 1. The van der Waals surface area contributed by atoms with Crippen molar-refractivity contribution in [2.75, 3.05) is 39.4 Å². The van der Waals surface area contributed by atoms with Gasteiger partial charge >= 0.3 is 0 Å². The molecule has 6 heteroatoms. The number of carbonyl (C=O) groups is 1. The van der Waals surface area contributed by atoms with Crippen LogP contribution in [0.4, 0.5) is 0 Å². The van der Waals surface area contributed by atoms with Gasteiger partial charge in [-0.05, 0) is 30.5 Å². The van der Waals surface area contributed by atoms with E-state index < -0.39 is 5.41 Å². The first-order valence-corrected chi connectivity index (χ1v) is 10.8. The first-order valence-electron chi connectivity index (χ1n) is 10.8. The Kier molecular flexibility index (Phi) is 5.27. The highest BCUT2D eigenvalue weighted by atomic mass is 16.5. The second-order valence-corrected chi connectivity index (χ2v) is 8.31. The molecule has 2 saturated heterocycles. The van der Waals surface area contributed by atoms with Gasteiger partial charge in [-0.2, -0.15) is 0 Å². The van der Waals surface area contributed by atoms with Gasteiger partial charge in [0.1, 0.15) is 5.65 Å². The number of pyridine rings is 1. The number of hydrogen-bond donors (Lipinski definition) is 0.